The van der Waals surface area contributed by atoms with E-state index in [1.165, 1.54) is 17.2 Å². The standard InChI is InChI=1S/C24H25F3N2O5S/c25-24(26,27)20-6-1-2-7-21(20)35(32,33)29-12-10-17(11-13-29)23(31)34-15-22(30)28-19-9-8-16-4-3-5-18(16)14-19/h1-2,6-9,14,17H,3-5,10-13,15H2,(H,28,30). The quantitative estimate of drug-likeness (QED) is 0.598. The van der Waals surface area contributed by atoms with Gasteiger partial charge >= 0.3 is 12.1 Å². The number of nitrogens with one attached hydrogen (secondary N) is 1. The Bertz CT molecular complexity index is 1220. The second kappa shape index (κ2) is 9.98. The molecule has 1 heterocycles. The first kappa shape index (κ1) is 25.2. The molecule has 1 N–H and O–H groups in total. The van der Waals surface area contributed by atoms with E-state index >= 15 is 0 Å². The molecule has 0 radical (unpaired) electrons. The molecule has 2 aliphatic rings. The second-order valence-corrected chi connectivity index (χ2v) is 10.6. The van der Waals surface area contributed by atoms with Crippen molar-refractivity contribution in [3.63, 3.8) is 0 Å². The summed E-state index contributed by atoms with van der Waals surface area (Å²) in [6.07, 6.45) is -1.58. The first-order chi connectivity index (χ1) is 16.6. The fourth-order valence-corrected chi connectivity index (χ4v) is 6.18. The van der Waals surface area contributed by atoms with E-state index in [9.17, 15) is 31.2 Å². The fraction of sp³-hybridized carbons (Fsp3) is 0.417. The maximum absolute atomic E-state index is 13.3. The minimum absolute atomic E-state index is 0.0820. The van der Waals surface area contributed by atoms with Crippen molar-refractivity contribution in [1.82, 2.24) is 4.31 Å². The number of amides is 1. The van der Waals surface area contributed by atoms with E-state index in [1.54, 1.807) is 6.07 Å². The third kappa shape index (κ3) is 5.67. The number of rotatable bonds is 6. The van der Waals surface area contributed by atoms with Crippen LogP contribution >= 0.6 is 0 Å². The number of hydrogen-bond acceptors (Lipinski definition) is 5. The number of piperidine rings is 1. The molecule has 0 aromatic heterocycles. The maximum atomic E-state index is 13.3. The number of hydrogen-bond donors (Lipinski definition) is 1. The van der Waals surface area contributed by atoms with Crippen LogP contribution in [0.5, 0.6) is 0 Å². The third-order valence-corrected chi connectivity index (χ3v) is 8.28. The smallest absolute Gasteiger partial charge is 0.417 e. The van der Waals surface area contributed by atoms with Gasteiger partial charge in [0, 0.05) is 18.8 Å². The summed E-state index contributed by atoms with van der Waals surface area (Å²) in [6.45, 7) is -0.737. The van der Waals surface area contributed by atoms with Crippen LogP contribution in [-0.4, -0.2) is 44.3 Å². The van der Waals surface area contributed by atoms with Crippen LogP contribution in [0.2, 0.25) is 0 Å². The van der Waals surface area contributed by atoms with E-state index in [-0.39, 0.29) is 25.9 Å². The molecule has 2 aromatic carbocycles. The van der Waals surface area contributed by atoms with Crippen molar-refractivity contribution in [1.29, 1.82) is 0 Å². The summed E-state index contributed by atoms with van der Waals surface area (Å²) in [4.78, 5) is 23.8. The summed E-state index contributed by atoms with van der Waals surface area (Å²) in [7, 11) is -4.39. The lowest BCUT2D eigenvalue weighted by atomic mass is 9.98. The molecule has 1 fully saturated rings. The monoisotopic (exact) mass is 510 g/mol. The lowest BCUT2D eigenvalue weighted by Crippen LogP contribution is -2.41. The van der Waals surface area contributed by atoms with Crippen LogP contribution in [0.1, 0.15) is 36.0 Å². The Morgan fingerprint density at radius 1 is 1.03 bits per heavy atom. The van der Waals surface area contributed by atoms with Crippen LogP contribution in [0, 0.1) is 5.92 Å². The van der Waals surface area contributed by atoms with Crippen molar-refractivity contribution < 1.29 is 35.9 Å². The van der Waals surface area contributed by atoms with Crippen LogP contribution in [-0.2, 0) is 43.4 Å². The zero-order valence-corrected chi connectivity index (χ0v) is 19.6. The molecule has 1 saturated heterocycles. The van der Waals surface area contributed by atoms with Gasteiger partial charge in [0.25, 0.3) is 5.91 Å². The molecule has 35 heavy (non-hydrogen) atoms. The topological polar surface area (TPSA) is 92.8 Å². The highest BCUT2D eigenvalue weighted by atomic mass is 32.2. The SMILES string of the molecule is O=C(COC(=O)C1CCN(S(=O)(=O)c2ccccc2C(F)(F)F)CC1)Nc1ccc2c(c1)CCC2. The molecule has 0 atom stereocenters. The predicted octanol–water partition coefficient (Wildman–Crippen LogP) is 3.78. The first-order valence-electron chi connectivity index (χ1n) is 11.3. The first-order valence-corrected chi connectivity index (χ1v) is 12.7. The maximum Gasteiger partial charge on any atom is 0.417 e. The van der Waals surface area contributed by atoms with E-state index in [0.29, 0.717) is 5.69 Å². The van der Waals surface area contributed by atoms with E-state index in [2.05, 4.69) is 5.32 Å². The number of alkyl halides is 3. The van der Waals surface area contributed by atoms with Gasteiger partial charge in [-0.3, -0.25) is 9.59 Å². The Kier molecular flexibility index (Phi) is 7.18. The summed E-state index contributed by atoms with van der Waals surface area (Å²) in [5, 5.41) is 2.70. The molecule has 0 unspecified atom stereocenters. The molecule has 1 aliphatic heterocycles. The van der Waals surface area contributed by atoms with Gasteiger partial charge in [0.15, 0.2) is 6.61 Å². The van der Waals surface area contributed by atoms with Gasteiger partial charge in [0.1, 0.15) is 0 Å². The normalized spacial score (nSPS) is 17.1. The average Bonchev–Trinajstić information content (AvgIpc) is 3.30. The van der Waals surface area contributed by atoms with Crippen LogP contribution in [0.15, 0.2) is 47.4 Å². The minimum atomic E-state index is -4.81. The summed E-state index contributed by atoms with van der Waals surface area (Å²) in [6, 6.07) is 9.71. The van der Waals surface area contributed by atoms with Crippen LogP contribution in [0.3, 0.4) is 0 Å². The number of sulfonamides is 1. The average molecular weight is 511 g/mol. The zero-order valence-electron chi connectivity index (χ0n) is 18.8. The van der Waals surface area contributed by atoms with Crippen molar-refractivity contribution in [2.45, 2.75) is 43.2 Å². The summed E-state index contributed by atoms with van der Waals surface area (Å²) < 4.78 is 71.6. The highest BCUT2D eigenvalue weighted by Gasteiger charge is 2.40. The van der Waals surface area contributed by atoms with Gasteiger partial charge in [-0.05, 0) is 67.5 Å². The number of esters is 1. The predicted molar refractivity (Wildman–Crippen MR) is 121 cm³/mol. The number of ether oxygens (including phenoxy) is 1. The fourth-order valence-electron chi connectivity index (χ4n) is 4.50. The minimum Gasteiger partial charge on any atom is -0.455 e. The number of carbonyl (C=O) groups is 2. The van der Waals surface area contributed by atoms with Crippen molar-refractivity contribution in [3.8, 4) is 0 Å². The molecule has 1 amide bonds. The van der Waals surface area contributed by atoms with E-state index in [4.69, 9.17) is 4.74 Å². The Balaban J connectivity index is 1.29. The van der Waals surface area contributed by atoms with Gasteiger partial charge in [-0.25, -0.2) is 8.42 Å². The number of benzene rings is 2. The van der Waals surface area contributed by atoms with Crippen molar-refractivity contribution in [2.75, 3.05) is 25.0 Å². The number of fused-ring (bicyclic) bond motifs is 1. The zero-order chi connectivity index (χ0) is 25.2. The summed E-state index contributed by atoms with van der Waals surface area (Å²) in [5.41, 5.74) is 1.87. The van der Waals surface area contributed by atoms with Crippen molar-refractivity contribution in [3.05, 3.63) is 59.2 Å². The number of anilines is 1. The molecule has 7 nitrogen and oxygen atoms in total. The van der Waals surface area contributed by atoms with Gasteiger partial charge in [-0.1, -0.05) is 18.2 Å². The molecule has 1 aliphatic carbocycles. The molecule has 4 rings (SSSR count). The van der Waals surface area contributed by atoms with Crippen LogP contribution < -0.4 is 5.32 Å². The molecule has 0 spiro atoms. The Morgan fingerprint density at radius 2 is 1.71 bits per heavy atom. The van der Waals surface area contributed by atoms with Gasteiger partial charge in [-0.15, -0.1) is 0 Å². The second-order valence-electron chi connectivity index (χ2n) is 8.67. The molecular weight excluding hydrogens is 485 g/mol. The van der Waals surface area contributed by atoms with Gasteiger partial charge < -0.3 is 10.1 Å². The Labute approximate surface area is 201 Å². The van der Waals surface area contributed by atoms with Gasteiger partial charge in [-0.2, -0.15) is 17.5 Å². The summed E-state index contributed by atoms with van der Waals surface area (Å²) in [5.74, 6) is -1.77. The van der Waals surface area contributed by atoms with E-state index in [1.807, 2.05) is 12.1 Å². The van der Waals surface area contributed by atoms with Gasteiger partial charge in [0.05, 0.1) is 16.4 Å². The molecule has 2 aromatic rings. The molecular formula is C24H25F3N2O5S. The van der Waals surface area contributed by atoms with E-state index < -0.39 is 51.1 Å². The van der Waals surface area contributed by atoms with E-state index in [0.717, 1.165) is 41.8 Å². The lowest BCUT2D eigenvalue weighted by Gasteiger charge is -2.30. The number of halogens is 3. The van der Waals surface area contributed by atoms with Crippen LogP contribution in [0.4, 0.5) is 18.9 Å². The van der Waals surface area contributed by atoms with Crippen molar-refractivity contribution in [2.24, 2.45) is 5.92 Å². The van der Waals surface area contributed by atoms with Gasteiger partial charge in [0.2, 0.25) is 10.0 Å². The highest BCUT2D eigenvalue weighted by molar-refractivity contribution is 7.89. The molecule has 0 bridgehead atoms. The number of carbonyl (C=O) groups excluding carboxylic acids is 2. The lowest BCUT2D eigenvalue weighted by molar-refractivity contribution is -0.152. The van der Waals surface area contributed by atoms with Crippen LogP contribution in [0.25, 0.3) is 0 Å². The van der Waals surface area contributed by atoms with Crippen molar-refractivity contribution >= 4 is 27.6 Å². The molecule has 0 saturated carbocycles. The number of aryl methyl sites for hydroxylation is 2. The molecule has 188 valence electrons. The number of nitrogens with zero attached hydrogens (tertiary/aromatic N) is 1. The Morgan fingerprint density at radius 3 is 2.43 bits per heavy atom. The largest absolute Gasteiger partial charge is 0.455 e. The Hall–Kier alpha value is -2.92. The third-order valence-electron chi connectivity index (χ3n) is 6.33. The molecule has 11 heteroatoms. The highest BCUT2D eigenvalue weighted by Crippen LogP contribution is 2.36. The summed E-state index contributed by atoms with van der Waals surface area (Å²) >= 11 is 0.